The largest absolute Gasteiger partial charge is 0.449 e. The number of rotatable bonds is 5. The standard InChI is InChI=1S/C19H18N2O4S/c1-13(18(23)21-12-11-20-19(21)24)25-17(22)10-8-15-7-9-16(26-15)14-5-3-2-4-6-14/h2-10,13H,11-12H2,1H3,(H,20,24)/b10-8+/t13-/m1/s1. The van der Waals surface area contributed by atoms with Crippen molar-refractivity contribution < 1.29 is 19.1 Å². The predicted molar refractivity (Wildman–Crippen MR) is 99.5 cm³/mol. The van der Waals surface area contributed by atoms with Crippen LogP contribution in [0.5, 0.6) is 0 Å². The SMILES string of the molecule is C[C@@H](OC(=O)/C=C/c1ccc(-c2ccccc2)s1)C(=O)N1CCNC1=O. The Kier molecular flexibility index (Phi) is 5.48. The number of carbonyl (C=O) groups excluding carboxylic acids is 3. The first kappa shape index (κ1) is 17.9. The number of amides is 3. The summed E-state index contributed by atoms with van der Waals surface area (Å²) in [5, 5.41) is 2.53. The molecule has 0 aliphatic carbocycles. The zero-order valence-electron chi connectivity index (χ0n) is 14.2. The van der Waals surface area contributed by atoms with Gasteiger partial charge < -0.3 is 10.1 Å². The van der Waals surface area contributed by atoms with Crippen LogP contribution >= 0.6 is 11.3 Å². The molecule has 3 amide bonds. The molecule has 1 N–H and O–H groups in total. The van der Waals surface area contributed by atoms with Crippen molar-refractivity contribution in [2.24, 2.45) is 0 Å². The monoisotopic (exact) mass is 370 g/mol. The number of imide groups is 1. The molecule has 26 heavy (non-hydrogen) atoms. The first-order valence-electron chi connectivity index (χ1n) is 8.18. The van der Waals surface area contributed by atoms with Crippen LogP contribution in [0.1, 0.15) is 11.8 Å². The third kappa shape index (κ3) is 4.18. The Balaban J connectivity index is 1.57. The molecule has 0 bridgehead atoms. The highest BCUT2D eigenvalue weighted by atomic mass is 32.1. The van der Waals surface area contributed by atoms with Crippen molar-refractivity contribution in [3.05, 3.63) is 53.4 Å². The molecule has 1 aromatic heterocycles. The van der Waals surface area contributed by atoms with E-state index in [1.165, 1.54) is 13.0 Å². The smallest absolute Gasteiger partial charge is 0.331 e. The Morgan fingerprint density at radius 1 is 1.23 bits per heavy atom. The molecule has 2 heterocycles. The number of esters is 1. The lowest BCUT2D eigenvalue weighted by Crippen LogP contribution is -2.41. The lowest BCUT2D eigenvalue weighted by atomic mass is 10.2. The second-order valence-electron chi connectivity index (χ2n) is 5.70. The van der Waals surface area contributed by atoms with E-state index in [2.05, 4.69) is 5.32 Å². The highest BCUT2D eigenvalue weighted by molar-refractivity contribution is 7.16. The number of urea groups is 1. The van der Waals surface area contributed by atoms with Crippen LogP contribution in [-0.2, 0) is 14.3 Å². The van der Waals surface area contributed by atoms with Gasteiger partial charge in [-0.05, 0) is 30.7 Å². The number of nitrogens with one attached hydrogen (secondary N) is 1. The van der Waals surface area contributed by atoms with Crippen LogP contribution in [0.15, 0.2) is 48.5 Å². The van der Waals surface area contributed by atoms with Crippen LogP contribution in [0, 0.1) is 0 Å². The summed E-state index contributed by atoms with van der Waals surface area (Å²) in [6.07, 6.45) is 1.92. The maximum atomic E-state index is 12.1. The lowest BCUT2D eigenvalue weighted by Gasteiger charge is -2.17. The molecule has 134 valence electrons. The normalized spacial score (nSPS) is 15.1. The van der Waals surface area contributed by atoms with E-state index in [0.29, 0.717) is 6.54 Å². The molecule has 1 aliphatic rings. The summed E-state index contributed by atoms with van der Waals surface area (Å²) in [4.78, 5) is 38.5. The summed E-state index contributed by atoms with van der Waals surface area (Å²) in [7, 11) is 0. The van der Waals surface area contributed by atoms with E-state index in [-0.39, 0.29) is 6.54 Å². The van der Waals surface area contributed by atoms with E-state index < -0.39 is 24.0 Å². The van der Waals surface area contributed by atoms with E-state index in [1.807, 2.05) is 42.5 Å². The van der Waals surface area contributed by atoms with E-state index in [1.54, 1.807) is 17.4 Å². The summed E-state index contributed by atoms with van der Waals surface area (Å²) in [5.41, 5.74) is 1.11. The fourth-order valence-electron chi connectivity index (χ4n) is 2.52. The Hall–Kier alpha value is -2.93. The van der Waals surface area contributed by atoms with Crippen molar-refractivity contribution in [2.75, 3.05) is 13.1 Å². The number of hydrogen-bond acceptors (Lipinski definition) is 5. The molecule has 1 aliphatic heterocycles. The maximum absolute atomic E-state index is 12.1. The minimum absolute atomic E-state index is 0.285. The number of benzene rings is 1. The van der Waals surface area contributed by atoms with E-state index in [9.17, 15) is 14.4 Å². The molecule has 1 saturated heterocycles. The molecule has 0 saturated carbocycles. The van der Waals surface area contributed by atoms with Crippen LogP contribution in [0.25, 0.3) is 16.5 Å². The van der Waals surface area contributed by atoms with Gasteiger partial charge in [-0.2, -0.15) is 0 Å². The van der Waals surface area contributed by atoms with Gasteiger partial charge in [0.15, 0.2) is 6.10 Å². The lowest BCUT2D eigenvalue weighted by molar-refractivity contribution is -0.153. The molecule has 1 atom stereocenters. The summed E-state index contributed by atoms with van der Waals surface area (Å²) >= 11 is 1.55. The van der Waals surface area contributed by atoms with Gasteiger partial charge in [0.1, 0.15) is 0 Å². The third-order valence-corrected chi connectivity index (χ3v) is 4.93. The average Bonchev–Trinajstić information content (AvgIpc) is 3.29. The minimum Gasteiger partial charge on any atom is -0.449 e. The predicted octanol–water partition coefficient (Wildman–Crippen LogP) is 2.91. The third-order valence-electron chi connectivity index (χ3n) is 3.83. The molecule has 1 fully saturated rings. The van der Waals surface area contributed by atoms with Gasteiger partial charge in [0.2, 0.25) is 0 Å². The molecule has 0 spiro atoms. The molecule has 2 aromatic rings. The number of thiophene rings is 1. The maximum Gasteiger partial charge on any atom is 0.331 e. The van der Waals surface area contributed by atoms with Gasteiger partial charge in [-0.15, -0.1) is 11.3 Å². The van der Waals surface area contributed by atoms with Crippen LogP contribution in [0.3, 0.4) is 0 Å². The van der Waals surface area contributed by atoms with Crippen molar-refractivity contribution in [2.45, 2.75) is 13.0 Å². The quantitative estimate of drug-likeness (QED) is 0.649. The number of hydrogen-bond donors (Lipinski definition) is 1. The van der Waals surface area contributed by atoms with E-state index in [4.69, 9.17) is 4.74 Å². The molecule has 0 unspecified atom stereocenters. The second kappa shape index (κ2) is 7.97. The molecular weight excluding hydrogens is 352 g/mol. The van der Waals surface area contributed by atoms with Crippen LogP contribution < -0.4 is 5.32 Å². The van der Waals surface area contributed by atoms with Crippen molar-refractivity contribution in [3.8, 4) is 10.4 Å². The molecule has 7 heteroatoms. The van der Waals surface area contributed by atoms with Gasteiger partial charge in [0, 0.05) is 28.9 Å². The topological polar surface area (TPSA) is 75.7 Å². The van der Waals surface area contributed by atoms with Crippen molar-refractivity contribution in [3.63, 3.8) is 0 Å². The first-order chi connectivity index (χ1) is 12.5. The molecule has 6 nitrogen and oxygen atoms in total. The minimum atomic E-state index is -1.01. The highest BCUT2D eigenvalue weighted by Crippen LogP contribution is 2.28. The van der Waals surface area contributed by atoms with E-state index in [0.717, 1.165) is 20.2 Å². The summed E-state index contributed by atoms with van der Waals surface area (Å²) < 4.78 is 5.09. The molecular formula is C19H18N2O4S. The zero-order chi connectivity index (χ0) is 18.5. The van der Waals surface area contributed by atoms with Gasteiger partial charge in [-0.25, -0.2) is 9.59 Å². The number of nitrogens with zero attached hydrogens (tertiary/aromatic N) is 1. The van der Waals surface area contributed by atoms with Crippen molar-refractivity contribution in [1.82, 2.24) is 10.2 Å². The fourth-order valence-corrected chi connectivity index (χ4v) is 3.43. The number of ether oxygens (including phenoxy) is 1. The van der Waals surface area contributed by atoms with E-state index >= 15 is 0 Å². The molecule has 0 radical (unpaired) electrons. The van der Waals surface area contributed by atoms with Gasteiger partial charge in [0.25, 0.3) is 5.91 Å². The van der Waals surface area contributed by atoms with Crippen LogP contribution in [-0.4, -0.2) is 42.0 Å². The van der Waals surface area contributed by atoms with Crippen LogP contribution in [0.4, 0.5) is 4.79 Å². The summed E-state index contributed by atoms with van der Waals surface area (Å²) in [6.45, 7) is 2.15. The first-order valence-corrected chi connectivity index (χ1v) is 8.99. The summed E-state index contributed by atoms with van der Waals surface area (Å²) in [6, 6.07) is 13.4. The fraction of sp³-hybridized carbons (Fsp3) is 0.211. The summed E-state index contributed by atoms with van der Waals surface area (Å²) in [5.74, 6) is -1.15. The Labute approximate surface area is 155 Å². The number of carbonyl (C=O) groups is 3. The Bertz CT molecular complexity index is 844. The zero-order valence-corrected chi connectivity index (χ0v) is 15.0. The average molecular weight is 370 g/mol. The molecule has 3 rings (SSSR count). The van der Waals surface area contributed by atoms with Crippen LogP contribution in [0.2, 0.25) is 0 Å². The molecule has 1 aromatic carbocycles. The Morgan fingerprint density at radius 3 is 2.69 bits per heavy atom. The second-order valence-corrected chi connectivity index (χ2v) is 6.82. The highest BCUT2D eigenvalue weighted by Gasteiger charge is 2.31. The van der Waals surface area contributed by atoms with Crippen molar-refractivity contribution in [1.29, 1.82) is 0 Å². The van der Waals surface area contributed by atoms with Gasteiger partial charge >= 0.3 is 12.0 Å². The van der Waals surface area contributed by atoms with Crippen molar-refractivity contribution >= 4 is 35.3 Å². The van der Waals surface area contributed by atoms with Gasteiger partial charge in [-0.1, -0.05) is 30.3 Å². The van der Waals surface area contributed by atoms with Gasteiger partial charge in [0.05, 0.1) is 0 Å². The Morgan fingerprint density at radius 2 is 2.00 bits per heavy atom. The van der Waals surface area contributed by atoms with Gasteiger partial charge in [-0.3, -0.25) is 9.69 Å².